The van der Waals surface area contributed by atoms with Crippen LogP contribution in [0.3, 0.4) is 0 Å². The van der Waals surface area contributed by atoms with Gasteiger partial charge in [0, 0.05) is 12.4 Å². The highest BCUT2D eigenvalue weighted by Crippen LogP contribution is 2.17. The first-order valence-electron chi connectivity index (χ1n) is 5.44. The van der Waals surface area contributed by atoms with Gasteiger partial charge in [-0.1, -0.05) is 0 Å². The Hall–Kier alpha value is -1.83. The van der Waals surface area contributed by atoms with Crippen molar-refractivity contribution in [2.24, 2.45) is 0 Å². The fourth-order valence-electron chi connectivity index (χ4n) is 1.63. The second-order valence-corrected chi connectivity index (χ2v) is 5.44. The van der Waals surface area contributed by atoms with Gasteiger partial charge in [-0.05, 0) is 35.4 Å². The molecule has 2 rings (SSSR count). The SMILES string of the molecule is O=S(=O)(O)Cc1ccnc(-c2cc(CO)ccn2)c1. The number of pyridine rings is 2. The van der Waals surface area contributed by atoms with Gasteiger partial charge in [0.05, 0.1) is 18.0 Å². The third-order valence-corrected chi connectivity index (χ3v) is 3.14. The topological polar surface area (TPSA) is 100 Å². The second kappa shape index (κ2) is 5.43. The van der Waals surface area contributed by atoms with Gasteiger partial charge in [-0.3, -0.25) is 14.5 Å². The molecule has 7 heteroatoms. The Bertz CT molecular complexity index is 686. The molecule has 0 bridgehead atoms. The molecule has 2 heterocycles. The first kappa shape index (κ1) is 13.6. The molecule has 0 aromatic carbocycles. The normalized spacial score (nSPS) is 11.5. The largest absolute Gasteiger partial charge is 0.392 e. The average molecular weight is 280 g/mol. The smallest absolute Gasteiger partial charge is 0.269 e. The molecule has 2 aromatic heterocycles. The summed E-state index contributed by atoms with van der Waals surface area (Å²) in [7, 11) is -4.08. The lowest BCUT2D eigenvalue weighted by atomic mass is 10.1. The number of hydrogen-bond acceptors (Lipinski definition) is 5. The minimum Gasteiger partial charge on any atom is -0.392 e. The molecule has 0 fully saturated rings. The maximum absolute atomic E-state index is 10.8. The third kappa shape index (κ3) is 3.82. The molecule has 0 saturated heterocycles. The summed E-state index contributed by atoms with van der Waals surface area (Å²) in [6.45, 7) is -0.111. The van der Waals surface area contributed by atoms with Crippen molar-refractivity contribution < 1.29 is 18.1 Å². The second-order valence-electron chi connectivity index (χ2n) is 3.98. The maximum Gasteiger partial charge on any atom is 0.269 e. The summed E-state index contributed by atoms with van der Waals surface area (Å²) in [5, 5.41) is 9.06. The Balaban J connectivity index is 2.37. The van der Waals surface area contributed by atoms with Crippen LogP contribution < -0.4 is 0 Å². The van der Waals surface area contributed by atoms with Crippen LogP contribution in [0.5, 0.6) is 0 Å². The quantitative estimate of drug-likeness (QED) is 0.811. The lowest BCUT2D eigenvalue weighted by Crippen LogP contribution is -2.02. The summed E-state index contributed by atoms with van der Waals surface area (Å²) in [6, 6.07) is 6.38. The summed E-state index contributed by atoms with van der Waals surface area (Å²) in [5.74, 6) is -0.470. The molecule has 0 radical (unpaired) electrons. The van der Waals surface area contributed by atoms with E-state index in [4.69, 9.17) is 9.66 Å². The molecular weight excluding hydrogens is 268 g/mol. The van der Waals surface area contributed by atoms with E-state index in [1.807, 2.05) is 0 Å². The number of aliphatic hydroxyl groups excluding tert-OH is 1. The molecule has 0 atom stereocenters. The van der Waals surface area contributed by atoms with Crippen LogP contribution in [0, 0.1) is 0 Å². The van der Waals surface area contributed by atoms with E-state index >= 15 is 0 Å². The van der Waals surface area contributed by atoms with Crippen LogP contribution >= 0.6 is 0 Å². The van der Waals surface area contributed by atoms with E-state index in [-0.39, 0.29) is 6.61 Å². The molecule has 19 heavy (non-hydrogen) atoms. The monoisotopic (exact) mass is 280 g/mol. The van der Waals surface area contributed by atoms with Crippen molar-refractivity contribution in [1.29, 1.82) is 0 Å². The minimum atomic E-state index is -4.08. The van der Waals surface area contributed by atoms with Gasteiger partial charge in [-0.15, -0.1) is 0 Å². The summed E-state index contributed by atoms with van der Waals surface area (Å²) < 4.78 is 30.5. The van der Waals surface area contributed by atoms with Crippen LogP contribution in [0.1, 0.15) is 11.1 Å². The molecule has 0 spiro atoms. The average Bonchev–Trinajstić information content (AvgIpc) is 2.37. The lowest BCUT2D eigenvalue weighted by Gasteiger charge is -2.04. The first-order valence-corrected chi connectivity index (χ1v) is 7.05. The predicted molar refractivity (Wildman–Crippen MR) is 68.6 cm³/mol. The number of aromatic nitrogens is 2. The minimum absolute atomic E-state index is 0.111. The lowest BCUT2D eigenvalue weighted by molar-refractivity contribution is 0.282. The number of hydrogen-bond donors (Lipinski definition) is 2. The summed E-state index contributed by atoms with van der Waals surface area (Å²) in [6.07, 6.45) is 2.99. The number of nitrogens with zero attached hydrogens (tertiary/aromatic N) is 2. The van der Waals surface area contributed by atoms with Gasteiger partial charge in [-0.25, -0.2) is 0 Å². The first-order chi connectivity index (χ1) is 8.98. The van der Waals surface area contributed by atoms with Crippen LogP contribution in [-0.2, 0) is 22.5 Å². The molecule has 0 amide bonds. The zero-order valence-corrected chi connectivity index (χ0v) is 10.7. The van der Waals surface area contributed by atoms with Crippen LogP contribution in [-0.4, -0.2) is 28.0 Å². The fourth-order valence-corrected chi connectivity index (χ4v) is 2.23. The molecule has 6 nitrogen and oxygen atoms in total. The molecule has 0 aliphatic carbocycles. The van der Waals surface area contributed by atoms with Crippen LogP contribution in [0.2, 0.25) is 0 Å². The summed E-state index contributed by atoms with van der Waals surface area (Å²) in [5.41, 5.74) is 2.12. The highest BCUT2D eigenvalue weighted by Gasteiger charge is 2.09. The van der Waals surface area contributed by atoms with Crippen LogP contribution in [0.4, 0.5) is 0 Å². The highest BCUT2D eigenvalue weighted by atomic mass is 32.2. The van der Waals surface area contributed by atoms with E-state index in [0.29, 0.717) is 22.5 Å². The van der Waals surface area contributed by atoms with Crippen molar-refractivity contribution in [3.8, 4) is 11.4 Å². The Labute approximate surface area is 110 Å². The Morgan fingerprint density at radius 2 is 1.53 bits per heavy atom. The van der Waals surface area contributed by atoms with Crippen molar-refractivity contribution in [1.82, 2.24) is 9.97 Å². The zero-order valence-electron chi connectivity index (χ0n) is 9.89. The Kier molecular flexibility index (Phi) is 3.89. The number of rotatable bonds is 4. The van der Waals surface area contributed by atoms with E-state index < -0.39 is 15.9 Å². The highest BCUT2D eigenvalue weighted by molar-refractivity contribution is 7.85. The zero-order chi connectivity index (χ0) is 13.9. The number of aliphatic hydroxyl groups is 1. The van der Waals surface area contributed by atoms with Crippen molar-refractivity contribution in [2.75, 3.05) is 0 Å². The standard InChI is InChI=1S/C12H12N2O4S/c15-7-9-1-3-13-11(5-9)12-6-10(2-4-14-12)8-19(16,17)18/h1-6,15H,7-8H2,(H,16,17,18). The predicted octanol–water partition coefficient (Wildman–Crippen LogP) is 1.02. The van der Waals surface area contributed by atoms with Crippen molar-refractivity contribution in [3.05, 3.63) is 47.8 Å². The van der Waals surface area contributed by atoms with Gasteiger partial charge in [0.1, 0.15) is 5.75 Å². The van der Waals surface area contributed by atoms with Gasteiger partial charge in [0.2, 0.25) is 0 Å². The summed E-state index contributed by atoms with van der Waals surface area (Å²) >= 11 is 0. The molecule has 0 aliphatic heterocycles. The molecule has 100 valence electrons. The van der Waals surface area contributed by atoms with E-state index in [2.05, 4.69) is 9.97 Å². The molecule has 0 saturated carbocycles. The van der Waals surface area contributed by atoms with Gasteiger partial charge in [0.15, 0.2) is 0 Å². The van der Waals surface area contributed by atoms with Crippen LogP contribution in [0.15, 0.2) is 36.7 Å². The van der Waals surface area contributed by atoms with Gasteiger partial charge < -0.3 is 5.11 Å². The van der Waals surface area contributed by atoms with Gasteiger partial charge in [-0.2, -0.15) is 8.42 Å². The molecule has 0 unspecified atom stereocenters. The van der Waals surface area contributed by atoms with Crippen molar-refractivity contribution in [2.45, 2.75) is 12.4 Å². The fraction of sp³-hybridized carbons (Fsp3) is 0.167. The van der Waals surface area contributed by atoms with Crippen LogP contribution in [0.25, 0.3) is 11.4 Å². The third-order valence-electron chi connectivity index (χ3n) is 2.44. The molecule has 2 N–H and O–H groups in total. The molecule has 0 aliphatic rings. The van der Waals surface area contributed by atoms with Gasteiger partial charge >= 0.3 is 0 Å². The Morgan fingerprint density at radius 3 is 2.05 bits per heavy atom. The summed E-state index contributed by atoms with van der Waals surface area (Å²) in [4.78, 5) is 8.20. The van der Waals surface area contributed by atoms with Crippen molar-refractivity contribution in [3.63, 3.8) is 0 Å². The van der Waals surface area contributed by atoms with E-state index in [0.717, 1.165) is 0 Å². The Morgan fingerprint density at radius 1 is 1.00 bits per heavy atom. The van der Waals surface area contributed by atoms with E-state index in [1.54, 1.807) is 12.1 Å². The molecule has 2 aromatic rings. The maximum atomic E-state index is 10.8. The molecular formula is C12H12N2O4S. The van der Waals surface area contributed by atoms with E-state index in [1.165, 1.54) is 24.5 Å². The van der Waals surface area contributed by atoms with Crippen molar-refractivity contribution >= 4 is 10.1 Å². The van der Waals surface area contributed by atoms with Gasteiger partial charge in [0.25, 0.3) is 10.1 Å². The van der Waals surface area contributed by atoms with E-state index in [9.17, 15) is 8.42 Å².